The Balaban J connectivity index is 1.38. The van der Waals surface area contributed by atoms with E-state index in [1.807, 2.05) is 48.5 Å². The lowest BCUT2D eigenvalue weighted by molar-refractivity contribution is -0.117. The first-order valence-corrected chi connectivity index (χ1v) is 16.5. The van der Waals surface area contributed by atoms with Gasteiger partial charge in [0.2, 0.25) is 15.9 Å². The topological polar surface area (TPSA) is 105 Å². The molecule has 1 aliphatic rings. The van der Waals surface area contributed by atoms with Crippen LogP contribution in [-0.4, -0.2) is 66.5 Å². The number of ether oxygens (including phenoxy) is 2. The van der Waals surface area contributed by atoms with Crippen molar-refractivity contribution in [1.29, 1.82) is 0 Å². The summed E-state index contributed by atoms with van der Waals surface area (Å²) in [5, 5.41) is 0. The van der Waals surface area contributed by atoms with Crippen LogP contribution in [0.5, 0.6) is 11.5 Å². The average molecular weight is 642 g/mol. The Morgan fingerprint density at radius 3 is 2.35 bits per heavy atom. The van der Waals surface area contributed by atoms with Gasteiger partial charge in [-0.2, -0.15) is 0 Å². The summed E-state index contributed by atoms with van der Waals surface area (Å²) in [4.78, 5) is 29.0. The Kier molecular flexibility index (Phi) is 9.79. The van der Waals surface area contributed by atoms with Crippen molar-refractivity contribution in [2.75, 3.05) is 40.3 Å². The summed E-state index contributed by atoms with van der Waals surface area (Å²) in [5.74, 6) is 0.684. The summed E-state index contributed by atoms with van der Waals surface area (Å²) in [5.41, 5.74) is 5.52. The number of nitrogens with zero attached hydrogens (tertiary/aromatic N) is 2. The molecule has 0 aromatic heterocycles. The number of benzene rings is 4. The molecule has 4 aromatic rings. The standard InChI is InChI=1S/C36H39N3O6S/c1-38(2)36(41)28-12-7-11-26(21-28)27-16-18-33(45-5)34(22-27)46(42,43)37-29-17-15-25-10-8-14-32(31(25)23-29)39(3)35(40)20-24-9-6-13-30(19-24)44-4/h6-14,16,18-19,21-22,29,37H,15,17,20,23H2,1-5H3. The van der Waals surface area contributed by atoms with Crippen molar-refractivity contribution in [2.24, 2.45) is 0 Å². The van der Waals surface area contributed by atoms with Crippen molar-refractivity contribution in [3.63, 3.8) is 0 Å². The number of rotatable bonds is 10. The molecule has 2 amide bonds. The molecule has 46 heavy (non-hydrogen) atoms. The van der Waals surface area contributed by atoms with E-state index in [1.165, 1.54) is 12.0 Å². The maximum absolute atomic E-state index is 13.9. The van der Waals surface area contributed by atoms with Gasteiger partial charge in [0.15, 0.2) is 0 Å². The Bertz CT molecular complexity index is 1870. The zero-order valence-corrected chi connectivity index (χ0v) is 27.6. The summed E-state index contributed by atoms with van der Waals surface area (Å²) in [7, 11) is 4.14. The van der Waals surface area contributed by atoms with Crippen molar-refractivity contribution in [3.8, 4) is 22.6 Å². The van der Waals surface area contributed by atoms with Gasteiger partial charge in [-0.05, 0) is 89.5 Å². The lowest BCUT2D eigenvalue weighted by atomic mass is 9.87. The van der Waals surface area contributed by atoms with Gasteiger partial charge in [0.1, 0.15) is 16.4 Å². The summed E-state index contributed by atoms with van der Waals surface area (Å²) < 4.78 is 41.5. The van der Waals surface area contributed by atoms with Gasteiger partial charge >= 0.3 is 0 Å². The third-order valence-electron chi connectivity index (χ3n) is 8.31. The third kappa shape index (κ3) is 7.08. The van der Waals surface area contributed by atoms with Crippen LogP contribution in [0.4, 0.5) is 5.69 Å². The minimum atomic E-state index is -4.01. The van der Waals surface area contributed by atoms with Crippen LogP contribution in [0.15, 0.2) is 89.8 Å². The number of hydrogen-bond donors (Lipinski definition) is 1. The Morgan fingerprint density at radius 2 is 1.61 bits per heavy atom. The van der Waals surface area contributed by atoms with E-state index in [9.17, 15) is 18.0 Å². The number of hydrogen-bond acceptors (Lipinski definition) is 6. The average Bonchev–Trinajstić information content (AvgIpc) is 3.06. The van der Waals surface area contributed by atoms with Crippen molar-refractivity contribution in [2.45, 2.75) is 36.6 Å². The molecule has 1 unspecified atom stereocenters. The fourth-order valence-electron chi connectivity index (χ4n) is 5.83. The molecule has 0 saturated heterocycles. The summed E-state index contributed by atoms with van der Waals surface area (Å²) in [6, 6.07) is 25.0. The van der Waals surface area contributed by atoms with E-state index in [0.29, 0.717) is 41.7 Å². The van der Waals surface area contributed by atoms with Crippen LogP contribution >= 0.6 is 0 Å². The van der Waals surface area contributed by atoms with Crippen LogP contribution in [0.2, 0.25) is 0 Å². The molecular formula is C36H39N3O6S. The van der Waals surface area contributed by atoms with Crippen molar-refractivity contribution in [1.82, 2.24) is 9.62 Å². The molecule has 0 radical (unpaired) electrons. The Morgan fingerprint density at radius 1 is 0.870 bits per heavy atom. The number of likely N-dealkylation sites (N-methyl/N-ethyl adjacent to an activating group) is 1. The maximum Gasteiger partial charge on any atom is 0.253 e. The summed E-state index contributed by atoms with van der Waals surface area (Å²) in [6.07, 6.45) is 1.90. The Hall–Kier alpha value is -4.67. The van der Waals surface area contributed by atoms with E-state index in [0.717, 1.165) is 22.4 Å². The van der Waals surface area contributed by atoms with Crippen LogP contribution in [0.1, 0.15) is 33.5 Å². The number of fused-ring (bicyclic) bond motifs is 1. The normalized spacial score (nSPS) is 14.2. The van der Waals surface area contributed by atoms with Gasteiger partial charge in [-0.1, -0.05) is 42.5 Å². The van der Waals surface area contributed by atoms with E-state index in [4.69, 9.17) is 9.47 Å². The first-order chi connectivity index (χ1) is 22.0. The van der Waals surface area contributed by atoms with Gasteiger partial charge in [-0.3, -0.25) is 9.59 Å². The Labute approximate surface area is 270 Å². The number of methoxy groups -OCH3 is 2. The van der Waals surface area contributed by atoms with Crippen molar-refractivity contribution < 1.29 is 27.5 Å². The van der Waals surface area contributed by atoms with E-state index in [1.54, 1.807) is 69.6 Å². The molecule has 0 bridgehead atoms. The van der Waals surface area contributed by atoms with Crippen LogP contribution in [0, 0.1) is 0 Å². The van der Waals surface area contributed by atoms with E-state index in [-0.39, 0.29) is 28.9 Å². The number of aryl methyl sites for hydroxylation is 1. The van der Waals surface area contributed by atoms with E-state index in [2.05, 4.69) is 4.72 Å². The fourth-order valence-corrected chi connectivity index (χ4v) is 7.30. The molecule has 9 nitrogen and oxygen atoms in total. The number of sulfonamides is 1. The van der Waals surface area contributed by atoms with Crippen LogP contribution in [0.3, 0.4) is 0 Å². The smallest absolute Gasteiger partial charge is 0.253 e. The van der Waals surface area contributed by atoms with Gasteiger partial charge in [-0.25, -0.2) is 13.1 Å². The quantitative estimate of drug-likeness (QED) is 0.258. The largest absolute Gasteiger partial charge is 0.497 e. The molecule has 0 spiro atoms. The minimum absolute atomic E-state index is 0.0153. The molecule has 1 aliphatic carbocycles. The first kappa shape index (κ1) is 32.7. The zero-order chi connectivity index (χ0) is 33.0. The molecule has 10 heteroatoms. The maximum atomic E-state index is 13.9. The highest BCUT2D eigenvalue weighted by Crippen LogP contribution is 2.34. The second-order valence-electron chi connectivity index (χ2n) is 11.6. The second-order valence-corrected chi connectivity index (χ2v) is 13.3. The van der Waals surface area contributed by atoms with Gasteiger partial charge in [-0.15, -0.1) is 0 Å². The highest BCUT2D eigenvalue weighted by Gasteiger charge is 2.29. The second kappa shape index (κ2) is 13.8. The third-order valence-corrected chi connectivity index (χ3v) is 9.85. The summed E-state index contributed by atoms with van der Waals surface area (Å²) >= 11 is 0. The molecule has 0 saturated carbocycles. The van der Waals surface area contributed by atoms with Crippen molar-refractivity contribution >= 4 is 27.5 Å². The van der Waals surface area contributed by atoms with Gasteiger partial charge in [0.25, 0.3) is 5.91 Å². The predicted molar refractivity (Wildman–Crippen MR) is 179 cm³/mol. The van der Waals surface area contributed by atoms with E-state index < -0.39 is 16.1 Å². The highest BCUT2D eigenvalue weighted by molar-refractivity contribution is 7.89. The number of amides is 2. The molecule has 4 aromatic carbocycles. The number of nitrogens with one attached hydrogen (secondary N) is 1. The number of carbonyl (C=O) groups is 2. The molecule has 0 fully saturated rings. The van der Waals surface area contributed by atoms with E-state index >= 15 is 0 Å². The molecular weight excluding hydrogens is 602 g/mol. The minimum Gasteiger partial charge on any atom is -0.497 e. The monoisotopic (exact) mass is 641 g/mol. The summed E-state index contributed by atoms with van der Waals surface area (Å²) in [6.45, 7) is 0. The lowest BCUT2D eigenvalue weighted by Gasteiger charge is -2.30. The van der Waals surface area contributed by atoms with Gasteiger partial charge in [0, 0.05) is 38.4 Å². The van der Waals surface area contributed by atoms with Crippen molar-refractivity contribution in [3.05, 3.63) is 107 Å². The molecule has 1 N–H and O–H groups in total. The lowest BCUT2D eigenvalue weighted by Crippen LogP contribution is -2.40. The van der Waals surface area contributed by atoms with Crippen LogP contribution in [-0.2, 0) is 34.1 Å². The molecule has 0 heterocycles. The fraction of sp³-hybridized carbons (Fsp3) is 0.278. The van der Waals surface area contributed by atoms with Crippen LogP contribution in [0.25, 0.3) is 11.1 Å². The zero-order valence-electron chi connectivity index (χ0n) is 26.7. The SMILES string of the molecule is COc1cccc(CC(=O)N(C)c2cccc3c2CC(NS(=O)(=O)c2cc(-c4cccc(C(=O)N(C)C)c4)ccc2OC)CC3)c1. The molecule has 240 valence electrons. The van der Waals surface area contributed by atoms with Gasteiger partial charge < -0.3 is 19.3 Å². The first-order valence-electron chi connectivity index (χ1n) is 15.0. The van der Waals surface area contributed by atoms with Crippen LogP contribution < -0.4 is 19.1 Å². The number of anilines is 1. The number of carbonyl (C=O) groups excluding carboxylic acids is 2. The molecule has 0 aliphatic heterocycles. The molecule has 1 atom stereocenters. The van der Waals surface area contributed by atoms with Gasteiger partial charge in [0.05, 0.1) is 20.6 Å². The highest BCUT2D eigenvalue weighted by atomic mass is 32.2. The molecule has 5 rings (SSSR count). The predicted octanol–water partition coefficient (Wildman–Crippen LogP) is 5.11.